The molecule has 1 amide bonds. The Morgan fingerprint density at radius 3 is 2.36 bits per heavy atom. The normalized spacial score (nSPS) is 16.6. The van der Waals surface area contributed by atoms with Crippen LogP contribution in [0.15, 0.2) is 24.3 Å². The van der Waals surface area contributed by atoms with E-state index in [0.29, 0.717) is 26.1 Å². The molecule has 0 aromatic heterocycles. The van der Waals surface area contributed by atoms with Gasteiger partial charge in [-0.2, -0.15) is 13.2 Å². The van der Waals surface area contributed by atoms with E-state index in [-0.39, 0.29) is 37.2 Å². The van der Waals surface area contributed by atoms with Gasteiger partial charge in [-0.3, -0.25) is 4.79 Å². The first kappa shape index (κ1) is 21.5. The Hall–Kier alpha value is -1.51. The van der Waals surface area contributed by atoms with E-state index in [1.165, 1.54) is 12.1 Å². The topological polar surface area (TPSA) is 73.6 Å². The van der Waals surface area contributed by atoms with E-state index in [2.05, 4.69) is 10.1 Å². The second kappa shape index (κ2) is 9.26. The quantitative estimate of drug-likeness (QED) is 0.792. The second-order valence-corrected chi connectivity index (χ2v) is 5.83. The van der Waals surface area contributed by atoms with Crippen LogP contribution in [-0.4, -0.2) is 38.4 Å². The zero-order valence-electron chi connectivity index (χ0n) is 13.6. The first-order valence-electron chi connectivity index (χ1n) is 7.69. The minimum Gasteiger partial charge on any atom is -0.484 e. The highest BCUT2D eigenvalue weighted by molar-refractivity contribution is 5.85. The van der Waals surface area contributed by atoms with Crippen molar-refractivity contribution in [2.45, 2.75) is 25.6 Å². The van der Waals surface area contributed by atoms with Gasteiger partial charge in [0.15, 0.2) is 6.61 Å². The summed E-state index contributed by atoms with van der Waals surface area (Å²) in [4.78, 5) is 12.4. The zero-order valence-corrected chi connectivity index (χ0v) is 14.4. The van der Waals surface area contributed by atoms with Crippen LogP contribution in [-0.2, 0) is 16.1 Å². The van der Waals surface area contributed by atoms with Crippen LogP contribution in [0.25, 0.3) is 0 Å². The van der Waals surface area contributed by atoms with Gasteiger partial charge in [0.2, 0.25) is 5.91 Å². The van der Waals surface area contributed by atoms with Crippen molar-refractivity contribution >= 4 is 18.3 Å². The smallest absolute Gasteiger partial charge is 0.422 e. The van der Waals surface area contributed by atoms with Crippen LogP contribution >= 0.6 is 12.4 Å². The van der Waals surface area contributed by atoms with E-state index in [4.69, 9.17) is 10.5 Å². The monoisotopic (exact) mass is 382 g/mol. The van der Waals surface area contributed by atoms with Gasteiger partial charge >= 0.3 is 6.18 Å². The van der Waals surface area contributed by atoms with E-state index in [9.17, 15) is 18.0 Å². The Labute approximate surface area is 150 Å². The molecule has 1 saturated heterocycles. The van der Waals surface area contributed by atoms with Gasteiger partial charge in [-0.15, -0.1) is 12.4 Å². The van der Waals surface area contributed by atoms with Crippen molar-refractivity contribution in [1.82, 2.24) is 5.32 Å². The molecule has 0 radical (unpaired) electrons. The standard InChI is InChI=1S/C16H21F3N2O3.ClH/c17-16(18,19)11-24-13-3-1-12(2-4-13)9-21-14(22)15(10-20)5-7-23-8-6-15;/h1-4H,5-11,20H2,(H,21,22);1H. The Morgan fingerprint density at radius 1 is 1.24 bits per heavy atom. The summed E-state index contributed by atoms with van der Waals surface area (Å²) in [6.07, 6.45) is -3.20. The number of halogens is 4. The fraction of sp³-hybridized carbons (Fsp3) is 0.562. The van der Waals surface area contributed by atoms with Gasteiger partial charge in [-0.25, -0.2) is 0 Å². The molecule has 0 aliphatic carbocycles. The van der Waals surface area contributed by atoms with E-state index < -0.39 is 18.2 Å². The molecule has 0 saturated carbocycles. The van der Waals surface area contributed by atoms with E-state index in [1.54, 1.807) is 12.1 Å². The SMILES string of the molecule is Cl.NCC1(C(=O)NCc2ccc(OCC(F)(F)F)cc2)CCOCC1. The van der Waals surface area contributed by atoms with Gasteiger partial charge in [0.05, 0.1) is 5.41 Å². The van der Waals surface area contributed by atoms with E-state index >= 15 is 0 Å². The number of ether oxygens (including phenoxy) is 2. The van der Waals surface area contributed by atoms with Crippen LogP contribution < -0.4 is 15.8 Å². The molecule has 2 rings (SSSR count). The number of hydrogen-bond donors (Lipinski definition) is 2. The number of amides is 1. The lowest BCUT2D eigenvalue weighted by molar-refractivity contribution is -0.153. The molecule has 1 aliphatic rings. The molecular formula is C16H22ClF3N2O3. The second-order valence-electron chi connectivity index (χ2n) is 5.83. The maximum Gasteiger partial charge on any atom is 0.422 e. The highest BCUT2D eigenvalue weighted by Crippen LogP contribution is 2.29. The predicted molar refractivity (Wildman–Crippen MR) is 88.6 cm³/mol. The minimum atomic E-state index is -4.37. The number of benzene rings is 1. The fourth-order valence-electron chi connectivity index (χ4n) is 2.52. The summed E-state index contributed by atoms with van der Waals surface area (Å²) in [7, 11) is 0. The summed E-state index contributed by atoms with van der Waals surface area (Å²) in [6.45, 7) is 0.225. The summed E-state index contributed by atoms with van der Waals surface area (Å²) in [6, 6.07) is 6.12. The Morgan fingerprint density at radius 2 is 1.84 bits per heavy atom. The summed E-state index contributed by atoms with van der Waals surface area (Å²) in [5.74, 6) is 0.0101. The van der Waals surface area contributed by atoms with Gasteiger partial charge < -0.3 is 20.5 Å². The number of carbonyl (C=O) groups excluding carboxylic acids is 1. The van der Waals surface area contributed by atoms with Crippen molar-refractivity contribution in [1.29, 1.82) is 0 Å². The third kappa shape index (κ3) is 6.37. The number of carbonyl (C=O) groups is 1. The molecular weight excluding hydrogens is 361 g/mol. The summed E-state index contributed by atoms with van der Waals surface area (Å²) in [5, 5.41) is 2.84. The molecule has 1 heterocycles. The predicted octanol–water partition coefficient (Wildman–Crippen LogP) is 2.42. The molecule has 9 heteroatoms. The van der Waals surface area contributed by atoms with Crippen molar-refractivity contribution in [2.24, 2.45) is 11.1 Å². The molecule has 25 heavy (non-hydrogen) atoms. The maximum absolute atomic E-state index is 12.4. The maximum atomic E-state index is 12.4. The van der Waals surface area contributed by atoms with Gasteiger partial charge in [-0.05, 0) is 30.5 Å². The number of nitrogens with two attached hydrogens (primary N) is 1. The number of rotatable bonds is 6. The van der Waals surface area contributed by atoms with Crippen LogP contribution in [0.2, 0.25) is 0 Å². The lowest BCUT2D eigenvalue weighted by Gasteiger charge is -2.34. The molecule has 0 spiro atoms. The number of alkyl halides is 3. The zero-order chi connectivity index (χ0) is 17.6. The first-order valence-corrected chi connectivity index (χ1v) is 7.69. The lowest BCUT2D eigenvalue weighted by Crippen LogP contribution is -2.48. The van der Waals surface area contributed by atoms with Crippen molar-refractivity contribution in [3.63, 3.8) is 0 Å². The first-order chi connectivity index (χ1) is 11.3. The lowest BCUT2D eigenvalue weighted by atomic mass is 9.79. The number of nitrogens with one attached hydrogen (secondary N) is 1. The highest BCUT2D eigenvalue weighted by Gasteiger charge is 2.38. The van der Waals surface area contributed by atoms with Crippen LogP contribution in [0.4, 0.5) is 13.2 Å². The molecule has 1 fully saturated rings. The summed E-state index contributed by atoms with van der Waals surface area (Å²) in [5.41, 5.74) is 5.93. The minimum absolute atomic E-state index is 0. The molecule has 1 aromatic carbocycles. The van der Waals surface area contributed by atoms with Crippen LogP contribution in [0.5, 0.6) is 5.75 Å². The largest absolute Gasteiger partial charge is 0.484 e. The summed E-state index contributed by atoms with van der Waals surface area (Å²) >= 11 is 0. The third-order valence-electron chi connectivity index (χ3n) is 4.10. The van der Waals surface area contributed by atoms with E-state index in [0.717, 1.165) is 5.56 Å². The molecule has 0 bridgehead atoms. The molecule has 0 unspecified atom stereocenters. The number of hydrogen-bond acceptors (Lipinski definition) is 4. The van der Waals surface area contributed by atoms with Crippen LogP contribution in [0.1, 0.15) is 18.4 Å². The Kier molecular flexibility index (Phi) is 7.98. The van der Waals surface area contributed by atoms with Gasteiger partial charge in [0, 0.05) is 26.3 Å². The van der Waals surface area contributed by atoms with Crippen molar-refractivity contribution in [2.75, 3.05) is 26.4 Å². The molecule has 3 N–H and O–H groups in total. The highest BCUT2D eigenvalue weighted by atomic mass is 35.5. The molecule has 1 aromatic rings. The van der Waals surface area contributed by atoms with Gasteiger partial charge in [0.1, 0.15) is 5.75 Å². The average molecular weight is 383 g/mol. The van der Waals surface area contributed by atoms with Crippen molar-refractivity contribution in [3.8, 4) is 5.75 Å². The van der Waals surface area contributed by atoms with E-state index in [1.807, 2.05) is 0 Å². The molecule has 142 valence electrons. The molecule has 1 aliphatic heterocycles. The van der Waals surface area contributed by atoms with Gasteiger partial charge in [0.25, 0.3) is 0 Å². The molecule has 0 atom stereocenters. The van der Waals surface area contributed by atoms with Crippen molar-refractivity contribution < 1.29 is 27.4 Å². The third-order valence-corrected chi connectivity index (χ3v) is 4.10. The fourth-order valence-corrected chi connectivity index (χ4v) is 2.52. The Bertz CT molecular complexity index is 547. The Balaban J connectivity index is 0.00000312. The van der Waals surface area contributed by atoms with Crippen molar-refractivity contribution in [3.05, 3.63) is 29.8 Å². The summed E-state index contributed by atoms with van der Waals surface area (Å²) < 4.78 is 46.2. The average Bonchev–Trinajstić information content (AvgIpc) is 2.58. The molecule has 5 nitrogen and oxygen atoms in total. The van der Waals surface area contributed by atoms with Gasteiger partial charge in [-0.1, -0.05) is 12.1 Å². The van der Waals surface area contributed by atoms with Crippen LogP contribution in [0.3, 0.4) is 0 Å². The van der Waals surface area contributed by atoms with Crippen LogP contribution in [0, 0.1) is 5.41 Å².